The molecule has 0 saturated carbocycles. The van der Waals surface area contributed by atoms with Crippen LogP contribution in [-0.4, -0.2) is 36.8 Å². The lowest BCUT2D eigenvalue weighted by molar-refractivity contribution is -0.116. The minimum atomic E-state index is -3.74. The first-order valence-electron chi connectivity index (χ1n) is 9.32. The Labute approximate surface area is 177 Å². The third-order valence-corrected chi connectivity index (χ3v) is 6.57. The molecule has 3 aromatic rings. The number of hydrogen-bond acceptors (Lipinski definition) is 8. The molecule has 0 aliphatic carbocycles. The Hall–Kier alpha value is -3.05. The van der Waals surface area contributed by atoms with Crippen LogP contribution in [0.5, 0.6) is 0 Å². The molecule has 2 aromatic heterocycles. The topological polar surface area (TPSA) is 127 Å². The van der Waals surface area contributed by atoms with E-state index in [0.29, 0.717) is 36.2 Å². The highest BCUT2D eigenvalue weighted by atomic mass is 32.2. The lowest BCUT2D eigenvalue weighted by atomic mass is 10.2. The number of nitrogens with one attached hydrogen (secondary N) is 2. The largest absolute Gasteiger partial charge is 0.339 e. The minimum absolute atomic E-state index is 0.0624. The second-order valence-electron chi connectivity index (χ2n) is 6.60. The van der Waals surface area contributed by atoms with Crippen LogP contribution < -0.4 is 10.0 Å². The van der Waals surface area contributed by atoms with E-state index in [1.807, 2.05) is 17.5 Å². The van der Waals surface area contributed by atoms with Crippen LogP contribution in [-0.2, 0) is 21.2 Å². The van der Waals surface area contributed by atoms with Gasteiger partial charge in [-0.15, -0.1) is 11.3 Å². The zero-order valence-electron chi connectivity index (χ0n) is 15.9. The quantitative estimate of drug-likeness (QED) is 0.576. The molecule has 0 saturated heterocycles. The monoisotopic (exact) mass is 445 g/mol. The summed E-state index contributed by atoms with van der Waals surface area (Å²) in [5, 5.41) is 8.53. The molecule has 11 heteroatoms. The molecule has 0 spiro atoms. The number of anilines is 1. The van der Waals surface area contributed by atoms with Gasteiger partial charge in [0.1, 0.15) is 5.84 Å². The Morgan fingerprint density at radius 2 is 2.13 bits per heavy atom. The summed E-state index contributed by atoms with van der Waals surface area (Å²) in [4.78, 5) is 21.6. The van der Waals surface area contributed by atoms with Crippen molar-refractivity contribution < 1.29 is 17.7 Å². The smallest absolute Gasteiger partial charge is 0.262 e. The number of thiophene rings is 1. The molecule has 0 fully saturated rings. The summed E-state index contributed by atoms with van der Waals surface area (Å²) < 4.78 is 32.7. The van der Waals surface area contributed by atoms with Crippen molar-refractivity contribution in [1.82, 2.24) is 14.9 Å². The van der Waals surface area contributed by atoms with Crippen molar-refractivity contribution in [3.8, 4) is 10.7 Å². The van der Waals surface area contributed by atoms with E-state index in [2.05, 4.69) is 25.2 Å². The van der Waals surface area contributed by atoms with Crippen LogP contribution in [0.1, 0.15) is 25.2 Å². The summed E-state index contributed by atoms with van der Waals surface area (Å²) >= 11 is 1.50. The molecule has 0 unspecified atom stereocenters. The number of amides is 1. The molecule has 1 aliphatic heterocycles. The maximum Gasteiger partial charge on any atom is 0.262 e. The number of nitrogens with zero attached hydrogens (tertiary/aromatic N) is 3. The van der Waals surface area contributed by atoms with Gasteiger partial charge in [-0.3, -0.25) is 14.5 Å². The Morgan fingerprint density at radius 3 is 2.90 bits per heavy atom. The second kappa shape index (κ2) is 8.76. The van der Waals surface area contributed by atoms with E-state index in [4.69, 9.17) is 4.52 Å². The highest BCUT2D eigenvalue weighted by Gasteiger charge is 2.19. The van der Waals surface area contributed by atoms with Gasteiger partial charge in [0.05, 0.1) is 9.77 Å². The van der Waals surface area contributed by atoms with E-state index in [-0.39, 0.29) is 23.6 Å². The predicted molar refractivity (Wildman–Crippen MR) is 113 cm³/mol. The van der Waals surface area contributed by atoms with Gasteiger partial charge in [-0.05, 0) is 36.1 Å². The van der Waals surface area contributed by atoms with E-state index in [9.17, 15) is 13.2 Å². The molecule has 156 valence electrons. The van der Waals surface area contributed by atoms with Crippen LogP contribution in [0.4, 0.5) is 5.69 Å². The number of hydrogen-bond donors (Lipinski definition) is 2. The Bertz CT molecular complexity index is 1170. The molecule has 3 heterocycles. The molecular formula is C19H19N5O4S2. The summed E-state index contributed by atoms with van der Waals surface area (Å²) in [6, 6.07) is 9.88. The van der Waals surface area contributed by atoms with Crippen LogP contribution >= 0.6 is 11.3 Å². The Kier molecular flexibility index (Phi) is 5.91. The normalized spacial score (nSPS) is 13.8. The van der Waals surface area contributed by atoms with Crippen LogP contribution in [0.15, 0.2) is 56.2 Å². The van der Waals surface area contributed by atoms with Crippen molar-refractivity contribution in [2.75, 3.05) is 11.9 Å². The molecule has 2 N–H and O–H groups in total. The molecule has 30 heavy (non-hydrogen) atoms. The zero-order valence-corrected chi connectivity index (χ0v) is 17.5. The number of carbonyl (C=O) groups excluding carboxylic acids is 1. The van der Waals surface area contributed by atoms with Crippen molar-refractivity contribution in [2.24, 2.45) is 4.99 Å². The van der Waals surface area contributed by atoms with E-state index < -0.39 is 10.0 Å². The lowest BCUT2D eigenvalue weighted by Crippen LogP contribution is -2.29. The van der Waals surface area contributed by atoms with Gasteiger partial charge < -0.3 is 9.84 Å². The number of amidine groups is 1. The van der Waals surface area contributed by atoms with Gasteiger partial charge in [0.15, 0.2) is 0 Å². The number of benzene rings is 1. The first-order valence-corrected chi connectivity index (χ1v) is 11.7. The summed E-state index contributed by atoms with van der Waals surface area (Å²) in [7, 11) is -3.74. The fourth-order valence-corrected chi connectivity index (χ4v) is 4.67. The first-order chi connectivity index (χ1) is 14.5. The van der Waals surface area contributed by atoms with E-state index in [1.165, 1.54) is 23.5 Å². The van der Waals surface area contributed by atoms with Crippen LogP contribution in [0.2, 0.25) is 0 Å². The van der Waals surface area contributed by atoms with Crippen molar-refractivity contribution in [3.63, 3.8) is 0 Å². The number of aryl methyl sites for hydroxylation is 1. The molecule has 0 radical (unpaired) electrons. The van der Waals surface area contributed by atoms with Gasteiger partial charge in [-0.25, -0.2) is 8.42 Å². The van der Waals surface area contributed by atoms with E-state index in [0.717, 1.165) is 11.3 Å². The molecule has 1 aromatic carbocycles. The number of carbonyl (C=O) groups is 1. The van der Waals surface area contributed by atoms with Gasteiger partial charge in [-0.1, -0.05) is 17.3 Å². The fraction of sp³-hybridized carbons (Fsp3) is 0.263. The molecule has 4 rings (SSSR count). The third-order valence-electron chi connectivity index (χ3n) is 4.33. The summed E-state index contributed by atoms with van der Waals surface area (Å²) in [6.07, 6.45) is 1.85. The van der Waals surface area contributed by atoms with Crippen molar-refractivity contribution in [2.45, 2.75) is 30.6 Å². The SMILES string of the molecule is O=C(CCc1nc(-c2cccs2)no1)Nc1cccc(S(=O)(=O)NC2=NCCC2)c1. The maximum absolute atomic E-state index is 12.5. The Balaban J connectivity index is 1.35. The summed E-state index contributed by atoms with van der Waals surface area (Å²) in [5.74, 6) is 1.04. The molecule has 1 amide bonds. The molecule has 0 atom stereocenters. The number of aromatic nitrogens is 2. The predicted octanol–water partition coefficient (Wildman–Crippen LogP) is 2.84. The highest BCUT2D eigenvalue weighted by Crippen LogP contribution is 2.22. The first kappa shape index (κ1) is 20.2. The number of aliphatic imine (C=N–C) groups is 1. The summed E-state index contributed by atoms with van der Waals surface area (Å²) in [6.45, 7) is 0.628. The lowest BCUT2D eigenvalue weighted by Gasteiger charge is -2.10. The standard InChI is InChI=1S/C19H19N5O4S2/c25-17(8-9-18-22-19(23-28-18)15-6-3-11-29-15)21-13-4-1-5-14(12-13)30(26,27)24-16-7-2-10-20-16/h1,3-6,11-12H,2,7-10H2,(H,20,24)(H,21,25). The Morgan fingerprint density at radius 1 is 1.23 bits per heavy atom. The van der Waals surface area contributed by atoms with Gasteiger partial charge in [0, 0.05) is 31.5 Å². The third kappa shape index (κ3) is 4.92. The van der Waals surface area contributed by atoms with Crippen LogP contribution in [0, 0.1) is 0 Å². The van der Waals surface area contributed by atoms with Crippen molar-refractivity contribution in [3.05, 3.63) is 47.7 Å². The number of rotatable bonds is 7. The van der Waals surface area contributed by atoms with Crippen LogP contribution in [0.3, 0.4) is 0 Å². The molecule has 0 bridgehead atoms. The average molecular weight is 446 g/mol. The van der Waals surface area contributed by atoms with Gasteiger partial charge >= 0.3 is 0 Å². The van der Waals surface area contributed by atoms with Gasteiger partial charge in [0.25, 0.3) is 10.0 Å². The van der Waals surface area contributed by atoms with Gasteiger partial charge in [0.2, 0.25) is 17.6 Å². The van der Waals surface area contributed by atoms with Crippen molar-refractivity contribution >= 4 is 38.8 Å². The average Bonchev–Trinajstić information content (AvgIpc) is 3.48. The molecular weight excluding hydrogens is 426 g/mol. The second-order valence-corrected chi connectivity index (χ2v) is 9.23. The van der Waals surface area contributed by atoms with Crippen molar-refractivity contribution in [1.29, 1.82) is 0 Å². The highest BCUT2D eigenvalue weighted by molar-refractivity contribution is 7.90. The summed E-state index contributed by atoms with van der Waals surface area (Å²) in [5.41, 5.74) is 0.390. The number of sulfonamides is 1. The molecule has 1 aliphatic rings. The zero-order chi connectivity index (χ0) is 21.0. The van der Waals surface area contributed by atoms with Crippen LogP contribution in [0.25, 0.3) is 10.7 Å². The molecule has 9 nitrogen and oxygen atoms in total. The van der Waals surface area contributed by atoms with E-state index in [1.54, 1.807) is 12.1 Å². The van der Waals surface area contributed by atoms with E-state index >= 15 is 0 Å². The fourth-order valence-electron chi connectivity index (χ4n) is 2.88. The maximum atomic E-state index is 12.5. The minimum Gasteiger partial charge on any atom is -0.339 e. The van der Waals surface area contributed by atoms with Gasteiger partial charge in [-0.2, -0.15) is 4.98 Å².